The molecule has 1 amide bonds. The SMILES string of the molecule is Cc1cccc(Cl)c1C(=O)N1CCCC[C@@H]1CCC(=O)O. The van der Waals surface area contributed by atoms with Gasteiger partial charge in [0.2, 0.25) is 0 Å². The molecule has 0 aliphatic carbocycles. The summed E-state index contributed by atoms with van der Waals surface area (Å²) in [5.41, 5.74) is 1.40. The molecule has 0 spiro atoms. The summed E-state index contributed by atoms with van der Waals surface area (Å²) in [6, 6.07) is 5.41. The first-order valence-electron chi connectivity index (χ1n) is 7.28. The van der Waals surface area contributed by atoms with Gasteiger partial charge in [-0.15, -0.1) is 0 Å². The third-order valence-electron chi connectivity index (χ3n) is 4.02. The van der Waals surface area contributed by atoms with E-state index < -0.39 is 5.97 Å². The lowest BCUT2D eigenvalue weighted by Gasteiger charge is -2.36. The van der Waals surface area contributed by atoms with Crippen molar-refractivity contribution in [3.05, 3.63) is 34.3 Å². The van der Waals surface area contributed by atoms with E-state index in [4.69, 9.17) is 16.7 Å². The zero-order chi connectivity index (χ0) is 15.4. The summed E-state index contributed by atoms with van der Waals surface area (Å²) in [7, 11) is 0. The number of aryl methyl sites for hydroxylation is 1. The highest BCUT2D eigenvalue weighted by Gasteiger charge is 2.29. The number of hydrogen-bond donors (Lipinski definition) is 1. The molecule has 0 radical (unpaired) electrons. The van der Waals surface area contributed by atoms with Crippen molar-refractivity contribution in [1.82, 2.24) is 4.90 Å². The summed E-state index contributed by atoms with van der Waals surface area (Å²) in [5.74, 6) is -0.893. The number of carboxylic acid groups (broad SMARTS) is 1. The summed E-state index contributed by atoms with van der Waals surface area (Å²) in [5, 5.41) is 9.31. The first-order chi connectivity index (χ1) is 10.0. The van der Waals surface area contributed by atoms with E-state index in [1.165, 1.54) is 0 Å². The highest BCUT2D eigenvalue weighted by Crippen LogP contribution is 2.27. The Morgan fingerprint density at radius 2 is 2.14 bits per heavy atom. The Morgan fingerprint density at radius 1 is 1.38 bits per heavy atom. The van der Waals surface area contributed by atoms with Crippen molar-refractivity contribution >= 4 is 23.5 Å². The second-order valence-corrected chi connectivity index (χ2v) is 5.92. The van der Waals surface area contributed by atoms with E-state index in [-0.39, 0.29) is 18.4 Å². The Kier molecular flexibility index (Phi) is 5.23. The molecular formula is C16H20ClNO3. The van der Waals surface area contributed by atoms with Crippen LogP contribution in [0.1, 0.15) is 48.0 Å². The van der Waals surface area contributed by atoms with Crippen LogP contribution in [0.2, 0.25) is 5.02 Å². The molecule has 1 heterocycles. The monoisotopic (exact) mass is 309 g/mol. The molecule has 114 valence electrons. The van der Waals surface area contributed by atoms with Crippen LogP contribution in [0.25, 0.3) is 0 Å². The number of carbonyl (C=O) groups is 2. The van der Waals surface area contributed by atoms with Gasteiger partial charge in [0.1, 0.15) is 0 Å². The van der Waals surface area contributed by atoms with Gasteiger partial charge in [-0.2, -0.15) is 0 Å². The molecule has 2 rings (SSSR count). The molecule has 0 saturated carbocycles. The van der Waals surface area contributed by atoms with Crippen molar-refractivity contribution in [2.24, 2.45) is 0 Å². The van der Waals surface area contributed by atoms with Gasteiger partial charge in [0.15, 0.2) is 0 Å². The van der Waals surface area contributed by atoms with Gasteiger partial charge in [-0.1, -0.05) is 23.7 Å². The molecule has 4 nitrogen and oxygen atoms in total. The molecule has 1 aliphatic rings. The fourth-order valence-electron chi connectivity index (χ4n) is 2.90. The second-order valence-electron chi connectivity index (χ2n) is 5.51. The van der Waals surface area contributed by atoms with E-state index in [0.29, 0.717) is 23.6 Å². The fraction of sp³-hybridized carbons (Fsp3) is 0.500. The Hall–Kier alpha value is -1.55. The molecule has 5 heteroatoms. The molecular weight excluding hydrogens is 290 g/mol. The van der Waals surface area contributed by atoms with E-state index in [2.05, 4.69) is 0 Å². The Labute approximate surface area is 129 Å². The molecule has 1 N–H and O–H groups in total. The van der Waals surface area contributed by atoms with E-state index in [1.54, 1.807) is 11.0 Å². The van der Waals surface area contributed by atoms with Crippen LogP contribution < -0.4 is 0 Å². The van der Waals surface area contributed by atoms with E-state index in [9.17, 15) is 9.59 Å². The standard InChI is InChI=1S/C16H20ClNO3/c1-11-5-4-7-13(17)15(11)16(21)18-10-3-2-6-12(18)8-9-14(19)20/h4-5,7,12H,2-3,6,8-10H2,1H3,(H,19,20)/t12-/m1/s1. The van der Waals surface area contributed by atoms with Crippen molar-refractivity contribution in [2.45, 2.75) is 45.1 Å². The average Bonchev–Trinajstić information content (AvgIpc) is 2.45. The number of likely N-dealkylation sites (tertiary alicyclic amines) is 1. The minimum Gasteiger partial charge on any atom is -0.481 e. The van der Waals surface area contributed by atoms with Crippen LogP contribution in [-0.4, -0.2) is 34.5 Å². The minimum absolute atomic E-state index is 0.00183. The molecule has 1 fully saturated rings. The van der Waals surface area contributed by atoms with Gasteiger partial charge < -0.3 is 10.0 Å². The molecule has 1 aliphatic heterocycles. The zero-order valence-corrected chi connectivity index (χ0v) is 12.9. The predicted octanol–water partition coefficient (Wildman–Crippen LogP) is 3.51. The number of benzene rings is 1. The third kappa shape index (κ3) is 3.76. The number of amides is 1. The Bertz CT molecular complexity index is 524. The van der Waals surface area contributed by atoms with Crippen molar-refractivity contribution in [2.75, 3.05) is 6.54 Å². The first kappa shape index (κ1) is 15.8. The lowest BCUT2D eigenvalue weighted by Crippen LogP contribution is -2.44. The molecule has 21 heavy (non-hydrogen) atoms. The summed E-state index contributed by atoms with van der Waals surface area (Å²) < 4.78 is 0. The molecule has 1 aromatic carbocycles. The quantitative estimate of drug-likeness (QED) is 0.926. The van der Waals surface area contributed by atoms with E-state index in [0.717, 1.165) is 24.8 Å². The molecule has 0 unspecified atom stereocenters. The van der Waals surface area contributed by atoms with Crippen molar-refractivity contribution < 1.29 is 14.7 Å². The summed E-state index contributed by atoms with van der Waals surface area (Å²) in [6.07, 6.45) is 3.46. The number of nitrogens with zero attached hydrogens (tertiary/aromatic N) is 1. The number of rotatable bonds is 4. The van der Waals surface area contributed by atoms with Crippen LogP contribution in [-0.2, 0) is 4.79 Å². The van der Waals surface area contributed by atoms with Crippen LogP contribution in [0.15, 0.2) is 18.2 Å². The largest absolute Gasteiger partial charge is 0.481 e. The number of aliphatic carboxylic acids is 1. The number of piperidine rings is 1. The normalized spacial score (nSPS) is 18.6. The van der Waals surface area contributed by atoms with Gasteiger partial charge >= 0.3 is 5.97 Å². The van der Waals surface area contributed by atoms with Crippen molar-refractivity contribution in [3.8, 4) is 0 Å². The summed E-state index contributed by atoms with van der Waals surface area (Å²) in [4.78, 5) is 25.4. The summed E-state index contributed by atoms with van der Waals surface area (Å²) >= 11 is 6.18. The lowest BCUT2D eigenvalue weighted by atomic mass is 9.96. The number of halogens is 1. The number of hydrogen-bond acceptors (Lipinski definition) is 2. The molecule has 0 bridgehead atoms. The van der Waals surface area contributed by atoms with Gasteiger partial charge in [-0.3, -0.25) is 9.59 Å². The molecule has 1 aromatic rings. The topological polar surface area (TPSA) is 57.6 Å². The number of carbonyl (C=O) groups excluding carboxylic acids is 1. The Morgan fingerprint density at radius 3 is 2.81 bits per heavy atom. The van der Waals surface area contributed by atoms with Gasteiger partial charge in [-0.25, -0.2) is 0 Å². The van der Waals surface area contributed by atoms with Gasteiger partial charge in [0.25, 0.3) is 5.91 Å². The zero-order valence-electron chi connectivity index (χ0n) is 12.1. The van der Waals surface area contributed by atoms with E-state index in [1.807, 2.05) is 19.1 Å². The molecule has 1 atom stereocenters. The Balaban J connectivity index is 2.20. The number of carboxylic acids is 1. The van der Waals surface area contributed by atoms with Crippen molar-refractivity contribution in [3.63, 3.8) is 0 Å². The van der Waals surface area contributed by atoms with Gasteiger partial charge in [-0.05, 0) is 44.2 Å². The van der Waals surface area contributed by atoms with Crippen LogP contribution in [0.4, 0.5) is 0 Å². The fourth-order valence-corrected chi connectivity index (χ4v) is 3.21. The summed E-state index contributed by atoms with van der Waals surface area (Å²) in [6.45, 7) is 2.54. The maximum absolute atomic E-state index is 12.8. The highest BCUT2D eigenvalue weighted by molar-refractivity contribution is 6.34. The molecule has 0 aromatic heterocycles. The third-order valence-corrected chi connectivity index (χ3v) is 4.33. The lowest BCUT2D eigenvalue weighted by molar-refractivity contribution is -0.137. The van der Waals surface area contributed by atoms with Crippen LogP contribution in [0.3, 0.4) is 0 Å². The minimum atomic E-state index is -0.818. The molecule has 1 saturated heterocycles. The van der Waals surface area contributed by atoms with E-state index >= 15 is 0 Å². The van der Waals surface area contributed by atoms with Gasteiger partial charge in [0.05, 0.1) is 10.6 Å². The smallest absolute Gasteiger partial charge is 0.303 e. The first-order valence-corrected chi connectivity index (χ1v) is 7.66. The van der Waals surface area contributed by atoms with Crippen molar-refractivity contribution in [1.29, 1.82) is 0 Å². The highest BCUT2D eigenvalue weighted by atomic mass is 35.5. The maximum Gasteiger partial charge on any atom is 0.303 e. The second kappa shape index (κ2) is 6.94. The van der Waals surface area contributed by atoms with Crippen LogP contribution in [0, 0.1) is 6.92 Å². The van der Waals surface area contributed by atoms with Crippen LogP contribution in [0.5, 0.6) is 0 Å². The van der Waals surface area contributed by atoms with Gasteiger partial charge in [0, 0.05) is 19.0 Å². The van der Waals surface area contributed by atoms with Crippen LogP contribution >= 0.6 is 11.6 Å². The predicted molar refractivity (Wildman–Crippen MR) is 81.7 cm³/mol. The maximum atomic E-state index is 12.8. The average molecular weight is 310 g/mol.